The number of nitrogens with zero attached hydrogens (tertiary/aromatic N) is 3. The molecule has 3 heterocycles. The second-order valence-corrected chi connectivity index (χ2v) is 7.43. The summed E-state index contributed by atoms with van der Waals surface area (Å²) < 4.78 is 5.86. The van der Waals surface area contributed by atoms with Crippen molar-refractivity contribution in [2.75, 3.05) is 11.9 Å². The van der Waals surface area contributed by atoms with Gasteiger partial charge in [0.2, 0.25) is 0 Å². The third kappa shape index (κ3) is 4.17. The third-order valence-corrected chi connectivity index (χ3v) is 4.99. The number of carbonyl (C=O) groups is 1. The van der Waals surface area contributed by atoms with E-state index >= 15 is 0 Å². The second-order valence-electron chi connectivity index (χ2n) is 7.43. The van der Waals surface area contributed by atoms with Gasteiger partial charge in [0.05, 0.1) is 16.9 Å². The van der Waals surface area contributed by atoms with Gasteiger partial charge in [0.15, 0.2) is 0 Å². The quantitative estimate of drug-likeness (QED) is 0.681. The predicted molar refractivity (Wildman–Crippen MR) is 112 cm³/mol. The van der Waals surface area contributed by atoms with Crippen LogP contribution in [0.1, 0.15) is 60.6 Å². The van der Waals surface area contributed by atoms with Crippen molar-refractivity contribution in [1.29, 1.82) is 0 Å². The normalized spacial score (nSPS) is 16.2. The van der Waals surface area contributed by atoms with E-state index in [9.17, 15) is 4.79 Å². The van der Waals surface area contributed by atoms with Gasteiger partial charge in [-0.1, -0.05) is 44.2 Å². The van der Waals surface area contributed by atoms with Crippen LogP contribution in [0.4, 0.5) is 5.69 Å². The average molecular weight is 388 g/mol. The van der Waals surface area contributed by atoms with Gasteiger partial charge < -0.3 is 10.1 Å². The summed E-state index contributed by atoms with van der Waals surface area (Å²) in [6.07, 6.45) is 6.67. The van der Waals surface area contributed by atoms with Gasteiger partial charge in [0, 0.05) is 36.7 Å². The van der Waals surface area contributed by atoms with Gasteiger partial charge in [-0.2, -0.15) is 0 Å². The number of carbonyl (C=O) groups excluding carboxylic acids is 1. The average Bonchev–Trinajstić information content (AvgIpc) is 3.29. The Labute approximate surface area is 170 Å². The largest absolute Gasteiger partial charge is 0.372 e. The van der Waals surface area contributed by atoms with Crippen molar-refractivity contribution in [3.8, 4) is 11.1 Å². The molecule has 1 N–H and O–H groups in total. The molecule has 6 heteroatoms. The van der Waals surface area contributed by atoms with Gasteiger partial charge in [-0.05, 0) is 24.5 Å². The SMILES string of the molecule is CC(C)c1ncc(C(=O)Nc2c(-c3ccccc3)ccnc2C2CCCO2)cn1. The van der Waals surface area contributed by atoms with E-state index in [0.717, 1.165) is 29.7 Å². The highest BCUT2D eigenvalue weighted by Crippen LogP contribution is 2.37. The molecule has 29 heavy (non-hydrogen) atoms. The smallest absolute Gasteiger partial charge is 0.258 e. The minimum absolute atomic E-state index is 0.117. The molecular formula is C23H24N4O2. The van der Waals surface area contributed by atoms with Crippen LogP contribution in [0.5, 0.6) is 0 Å². The first-order valence-electron chi connectivity index (χ1n) is 9.92. The van der Waals surface area contributed by atoms with Gasteiger partial charge in [-0.15, -0.1) is 0 Å². The maximum atomic E-state index is 13.0. The molecule has 1 aliphatic heterocycles. The Kier molecular flexibility index (Phi) is 5.62. The van der Waals surface area contributed by atoms with Crippen molar-refractivity contribution in [1.82, 2.24) is 15.0 Å². The number of rotatable bonds is 5. The van der Waals surface area contributed by atoms with E-state index in [4.69, 9.17) is 4.74 Å². The zero-order chi connectivity index (χ0) is 20.2. The van der Waals surface area contributed by atoms with Crippen LogP contribution in [-0.2, 0) is 4.74 Å². The number of aromatic nitrogens is 3. The van der Waals surface area contributed by atoms with E-state index in [-0.39, 0.29) is 17.9 Å². The molecule has 1 aromatic carbocycles. The lowest BCUT2D eigenvalue weighted by atomic mass is 10.0. The summed E-state index contributed by atoms with van der Waals surface area (Å²) in [5.41, 5.74) is 3.78. The fraction of sp³-hybridized carbons (Fsp3) is 0.304. The number of hydrogen-bond donors (Lipinski definition) is 1. The van der Waals surface area contributed by atoms with E-state index in [1.54, 1.807) is 18.6 Å². The van der Waals surface area contributed by atoms with Crippen molar-refractivity contribution >= 4 is 11.6 Å². The number of amides is 1. The van der Waals surface area contributed by atoms with Crippen LogP contribution in [0.15, 0.2) is 55.0 Å². The van der Waals surface area contributed by atoms with Gasteiger partial charge in [-0.3, -0.25) is 9.78 Å². The lowest BCUT2D eigenvalue weighted by Crippen LogP contribution is -2.17. The van der Waals surface area contributed by atoms with Crippen LogP contribution < -0.4 is 5.32 Å². The first-order valence-corrected chi connectivity index (χ1v) is 9.92. The molecule has 0 bridgehead atoms. The van der Waals surface area contributed by atoms with Gasteiger partial charge >= 0.3 is 0 Å². The molecule has 0 saturated carbocycles. The fourth-order valence-electron chi connectivity index (χ4n) is 3.44. The molecule has 1 fully saturated rings. The monoisotopic (exact) mass is 388 g/mol. The molecule has 4 rings (SSSR count). The molecule has 3 aromatic rings. The van der Waals surface area contributed by atoms with Gasteiger partial charge in [0.25, 0.3) is 5.91 Å². The summed E-state index contributed by atoms with van der Waals surface area (Å²) in [5, 5.41) is 3.06. The lowest BCUT2D eigenvalue weighted by Gasteiger charge is -2.18. The Morgan fingerprint density at radius 3 is 2.52 bits per heavy atom. The summed E-state index contributed by atoms with van der Waals surface area (Å²) in [4.78, 5) is 26.2. The van der Waals surface area contributed by atoms with Gasteiger partial charge in [0.1, 0.15) is 11.9 Å². The maximum absolute atomic E-state index is 13.0. The van der Waals surface area contributed by atoms with Crippen molar-refractivity contribution < 1.29 is 9.53 Å². The number of pyridine rings is 1. The minimum Gasteiger partial charge on any atom is -0.372 e. The summed E-state index contributed by atoms with van der Waals surface area (Å²) >= 11 is 0. The van der Waals surface area contributed by atoms with Crippen molar-refractivity contribution in [2.45, 2.75) is 38.7 Å². The summed E-state index contributed by atoms with van der Waals surface area (Å²) in [5.74, 6) is 0.666. The minimum atomic E-state index is -0.260. The number of hydrogen-bond acceptors (Lipinski definition) is 5. The van der Waals surface area contributed by atoms with Crippen molar-refractivity contribution in [2.24, 2.45) is 0 Å². The Morgan fingerprint density at radius 2 is 1.86 bits per heavy atom. The van der Waals surface area contributed by atoms with Crippen LogP contribution in [0.2, 0.25) is 0 Å². The van der Waals surface area contributed by atoms with E-state index in [1.165, 1.54) is 0 Å². The molecule has 6 nitrogen and oxygen atoms in total. The highest BCUT2D eigenvalue weighted by Gasteiger charge is 2.25. The Balaban J connectivity index is 1.71. The van der Waals surface area contributed by atoms with Crippen molar-refractivity contribution in [3.05, 3.63) is 72.1 Å². The summed E-state index contributed by atoms with van der Waals surface area (Å²) in [6.45, 7) is 4.75. The van der Waals surface area contributed by atoms with E-state index in [1.807, 2.05) is 50.2 Å². The molecule has 0 spiro atoms. The van der Waals surface area contributed by atoms with E-state index in [2.05, 4.69) is 20.3 Å². The molecule has 148 valence electrons. The molecule has 1 aliphatic rings. The summed E-state index contributed by atoms with van der Waals surface area (Å²) in [7, 11) is 0. The third-order valence-electron chi connectivity index (χ3n) is 4.99. The molecule has 1 atom stereocenters. The predicted octanol–water partition coefficient (Wildman–Crippen LogP) is 4.77. The fourth-order valence-corrected chi connectivity index (χ4v) is 3.44. The van der Waals surface area contributed by atoms with Crippen LogP contribution in [0.25, 0.3) is 11.1 Å². The van der Waals surface area contributed by atoms with Crippen LogP contribution in [-0.4, -0.2) is 27.5 Å². The van der Waals surface area contributed by atoms with Crippen molar-refractivity contribution in [3.63, 3.8) is 0 Å². The molecular weight excluding hydrogens is 364 g/mol. The number of ether oxygens (including phenoxy) is 1. The Bertz CT molecular complexity index is 982. The zero-order valence-electron chi connectivity index (χ0n) is 16.6. The van der Waals surface area contributed by atoms with Crippen LogP contribution in [0, 0.1) is 0 Å². The molecule has 1 amide bonds. The molecule has 2 aromatic heterocycles. The molecule has 1 saturated heterocycles. The summed E-state index contributed by atoms with van der Waals surface area (Å²) in [6, 6.07) is 11.9. The molecule has 0 aliphatic carbocycles. The molecule has 1 unspecified atom stereocenters. The van der Waals surface area contributed by atoms with E-state index in [0.29, 0.717) is 23.7 Å². The number of anilines is 1. The second kappa shape index (κ2) is 8.49. The zero-order valence-corrected chi connectivity index (χ0v) is 16.6. The lowest BCUT2D eigenvalue weighted by molar-refractivity contribution is 0.102. The first-order chi connectivity index (χ1) is 14.1. The first kappa shape index (κ1) is 19.2. The van der Waals surface area contributed by atoms with Crippen LogP contribution in [0.3, 0.4) is 0 Å². The van der Waals surface area contributed by atoms with E-state index < -0.39 is 0 Å². The highest BCUT2D eigenvalue weighted by molar-refractivity contribution is 6.06. The Morgan fingerprint density at radius 1 is 1.10 bits per heavy atom. The standard InChI is InChI=1S/C23H24N4O2/c1-15(2)22-25-13-17(14-26-22)23(28)27-20-18(16-7-4-3-5-8-16)10-11-24-21(20)19-9-6-12-29-19/h3-5,7-8,10-11,13-15,19H,6,9,12H2,1-2H3,(H,27,28). The van der Waals surface area contributed by atoms with Crippen LogP contribution >= 0.6 is 0 Å². The number of nitrogens with one attached hydrogen (secondary N) is 1. The molecule has 0 radical (unpaired) electrons. The number of benzene rings is 1. The highest BCUT2D eigenvalue weighted by atomic mass is 16.5. The van der Waals surface area contributed by atoms with Gasteiger partial charge in [-0.25, -0.2) is 9.97 Å². The maximum Gasteiger partial charge on any atom is 0.258 e. The topological polar surface area (TPSA) is 77.0 Å². The Hall–Kier alpha value is -3.12.